The van der Waals surface area contributed by atoms with E-state index >= 15 is 0 Å². The maximum absolute atomic E-state index is 12.8. The zero-order valence-electron chi connectivity index (χ0n) is 15.9. The number of aryl methyl sites for hydroxylation is 1. The van der Waals surface area contributed by atoms with Crippen LogP contribution in [-0.4, -0.2) is 26.7 Å². The van der Waals surface area contributed by atoms with Crippen molar-refractivity contribution in [1.82, 2.24) is 20.1 Å². The smallest absolute Gasteiger partial charge is 0.291 e. The van der Waals surface area contributed by atoms with Gasteiger partial charge in [0.2, 0.25) is 5.82 Å². The summed E-state index contributed by atoms with van der Waals surface area (Å²) in [4.78, 5) is 17.4. The number of nitrogens with one attached hydrogen (secondary N) is 1. The molecular weight excluding hydrogens is 416 g/mol. The number of aromatic nitrogens is 3. The van der Waals surface area contributed by atoms with Crippen LogP contribution in [0.15, 0.2) is 53.0 Å². The van der Waals surface area contributed by atoms with Gasteiger partial charge in [-0.15, -0.1) is 5.10 Å². The van der Waals surface area contributed by atoms with Crippen LogP contribution in [0.4, 0.5) is 0 Å². The number of benzene rings is 2. The Morgan fingerprint density at radius 2 is 1.71 bits per heavy atom. The molecule has 2 aromatic carbocycles. The van der Waals surface area contributed by atoms with Gasteiger partial charge >= 0.3 is 0 Å². The summed E-state index contributed by atoms with van der Waals surface area (Å²) in [5.41, 5.74) is 2.97. The standard InChI is InChI=1S/C22H23BrN4O/c1-15-7-9-16(10-8-15)21-25-20(22(28)24-18-5-3-2-4-6-18)26-27(21)19-13-11-17(23)12-14-19/h7-14,18H,2-6H2,1H3,(H,24,28). The van der Waals surface area contributed by atoms with Gasteiger partial charge in [0.25, 0.3) is 5.91 Å². The highest BCUT2D eigenvalue weighted by Crippen LogP contribution is 2.23. The third-order valence-corrected chi connectivity index (χ3v) is 5.66. The third kappa shape index (κ3) is 4.17. The van der Waals surface area contributed by atoms with Gasteiger partial charge in [0.05, 0.1) is 5.69 Å². The number of amides is 1. The maximum Gasteiger partial charge on any atom is 0.291 e. The molecule has 0 saturated heterocycles. The lowest BCUT2D eigenvalue weighted by Crippen LogP contribution is -2.36. The van der Waals surface area contributed by atoms with Gasteiger partial charge in [-0.2, -0.15) is 0 Å². The van der Waals surface area contributed by atoms with Crippen LogP contribution in [-0.2, 0) is 0 Å². The van der Waals surface area contributed by atoms with Crippen molar-refractivity contribution >= 4 is 21.8 Å². The van der Waals surface area contributed by atoms with Crippen molar-refractivity contribution in [3.05, 3.63) is 64.4 Å². The topological polar surface area (TPSA) is 59.8 Å². The first-order chi connectivity index (χ1) is 13.6. The van der Waals surface area contributed by atoms with Crippen molar-refractivity contribution in [3.8, 4) is 17.1 Å². The first-order valence-electron chi connectivity index (χ1n) is 9.71. The highest BCUT2D eigenvalue weighted by Gasteiger charge is 2.22. The molecule has 0 unspecified atom stereocenters. The SMILES string of the molecule is Cc1ccc(-c2nc(C(=O)NC3CCCCC3)nn2-c2ccc(Br)cc2)cc1. The Morgan fingerprint density at radius 1 is 1.04 bits per heavy atom. The Hall–Kier alpha value is -2.47. The summed E-state index contributed by atoms with van der Waals surface area (Å²) in [6.07, 6.45) is 5.65. The molecule has 1 aliphatic carbocycles. The van der Waals surface area contributed by atoms with Gasteiger partial charge in [-0.25, -0.2) is 9.67 Å². The molecule has 1 aliphatic rings. The molecule has 0 aliphatic heterocycles. The summed E-state index contributed by atoms with van der Waals surface area (Å²) < 4.78 is 2.73. The highest BCUT2D eigenvalue weighted by molar-refractivity contribution is 9.10. The summed E-state index contributed by atoms with van der Waals surface area (Å²) in [5.74, 6) is 0.677. The van der Waals surface area contributed by atoms with Crippen molar-refractivity contribution < 1.29 is 4.79 Å². The second-order valence-electron chi connectivity index (χ2n) is 7.32. The summed E-state index contributed by atoms with van der Waals surface area (Å²) >= 11 is 3.46. The van der Waals surface area contributed by atoms with Crippen LogP contribution in [0.5, 0.6) is 0 Å². The molecule has 4 rings (SSSR count). The van der Waals surface area contributed by atoms with Gasteiger partial charge in [-0.05, 0) is 44.0 Å². The molecule has 1 amide bonds. The lowest BCUT2D eigenvalue weighted by molar-refractivity contribution is 0.0917. The first-order valence-corrected chi connectivity index (χ1v) is 10.5. The minimum absolute atomic E-state index is 0.198. The van der Waals surface area contributed by atoms with E-state index in [2.05, 4.69) is 31.3 Å². The zero-order valence-corrected chi connectivity index (χ0v) is 17.4. The fourth-order valence-electron chi connectivity index (χ4n) is 3.56. The molecule has 1 heterocycles. The molecule has 0 atom stereocenters. The van der Waals surface area contributed by atoms with Crippen LogP contribution >= 0.6 is 15.9 Å². The van der Waals surface area contributed by atoms with E-state index in [9.17, 15) is 4.79 Å². The number of carbonyl (C=O) groups excluding carboxylic acids is 1. The summed E-state index contributed by atoms with van der Waals surface area (Å²) in [7, 11) is 0. The van der Waals surface area contributed by atoms with E-state index in [-0.39, 0.29) is 17.8 Å². The minimum Gasteiger partial charge on any atom is -0.347 e. The second kappa shape index (κ2) is 8.27. The molecular formula is C22H23BrN4O. The van der Waals surface area contributed by atoms with E-state index in [1.807, 2.05) is 55.5 Å². The lowest BCUT2D eigenvalue weighted by Gasteiger charge is -2.21. The summed E-state index contributed by atoms with van der Waals surface area (Å²) in [6.45, 7) is 2.05. The Morgan fingerprint density at radius 3 is 2.39 bits per heavy atom. The molecule has 28 heavy (non-hydrogen) atoms. The Labute approximate surface area is 173 Å². The number of hydrogen-bond donors (Lipinski definition) is 1. The molecule has 1 fully saturated rings. The number of nitrogens with zero attached hydrogens (tertiary/aromatic N) is 3. The fourth-order valence-corrected chi connectivity index (χ4v) is 3.82. The van der Waals surface area contributed by atoms with Gasteiger partial charge in [0, 0.05) is 16.1 Å². The van der Waals surface area contributed by atoms with Crippen molar-refractivity contribution in [2.45, 2.75) is 45.1 Å². The fraction of sp³-hybridized carbons (Fsp3) is 0.318. The lowest BCUT2D eigenvalue weighted by atomic mass is 9.95. The van der Waals surface area contributed by atoms with Crippen LogP contribution in [0.1, 0.15) is 48.3 Å². The van der Waals surface area contributed by atoms with Crippen LogP contribution in [0, 0.1) is 6.92 Å². The Bertz CT molecular complexity index is 894. The van der Waals surface area contributed by atoms with Crippen LogP contribution in [0.3, 0.4) is 0 Å². The zero-order chi connectivity index (χ0) is 19.5. The van der Waals surface area contributed by atoms with E-state index in [4.69, 9.17) is 0 Å². The molecule has 0 radical (unpaired) electrons. The molecule has 5 nitrogen and oxygen atoms in total. The summed E-state index contributed by atoms with van der Waals surface area (Å²) in [6, 6.07) is 16.2. The molecule has 6 heteroatoms. The van der Waals surface area contributed by atoms with Crippen molar-refractivity contribution in [2.24, 2.45) is 0 Å². The number of rotatable bonds is 4. The second-order valence-corrected chi connectivity index (χ2v) is 8.24. The number of hydrogen-bond acceptors (Lipinski definition) is 3. The van der Waals surface area contributed by atoms with Gasteiger partial charge in [0.15, 0.2) is 5.82 Å². The molecule has 0 bridgehead atoms. The molecule has 1 aromatic heterocycles. The van der Waals surface area contributed by atoms with Crippen LogP contribution < -0.4 is 5.32 Å². The van der Waals surface area contributed by atoms with E-state index in [1.54, 1.807) is 4.68 Å². The van der Waals surface area contributed by atoms with E-state index in [0.29, 0.717) is 5.82 Å². The average Bonchev–Trinajstić information content (AvgIpc) is 3.15. The quantitative estimate of drug-likeness (QED) is 0.618. The van der Waals surface area contributed by atoms with Crippen molar-refractivity contribution in [2.75, 3.05) is 0 Å². The predicted octanol–water partition coefficient (Wildman–Crippen LogP) is 5.07. The van der Waals surface area contributed by atoms with Gasteiger partial charge < -0.3 is 5.32 Å². The van der Waals surface area contributed by atoms with Gasteiger partial charge in [0.1, 0.15) is 0 Å². The largest absolute Gasteiger partial charge is 0.347 e. The number of halogens is 1. The maximum atomic E-state index is 12.8. The molecule has 1 saturated carbocycles. The van der Waals surface area contributed by atoms with Crippen LogP contribution in [0.25, 0.3) is 17.1 Å². The van der Waals surface area contributed by atoms with Gasteiger partial charge in [-0.1, -0.05) is 65.0 Å². The first kappa shape index (κ1) is 18.9. The van der Waals surface area contributed by atoms with E-state index in [1.165, 1.54) is 24.8 Å². The molecule has 3 aromatic rings. The van der Waals surface area contributed by atoms with E-state index in [0.717, 1.165) is 28.6 Å². The van der Waals surface area contributed by atoms with E-state index < -0.39 is 0 Å². The third-order valence-electron chi connectivity index (χ3n) is 5.13. The monoisotopic (exact) mass is 438 g/mol. The van der Waals surface area contributed by atoms with Crippen LogP contribution in [0.2, 0.25) is 0 Å². The van der Waals surface area contributed by atoms with Crippen molar-refractivity contribution in [1.29, 1.82) is 0 Å². The molecule has 1 N–H and O–H groups in total. The average molecular weight is 439 g/mol. The highest BCUT2D eigenvalue weighted by atomic mass is 79.9. The Balaban J connectivity index is 1.69. The van der Waals surface area contributed by atoms with Gasteiger partial charge in [-0.3, -0.25) is 4.79 Å². The molecule has 144 valence electrons. The normalized spacial score (nSPS) is 14.8. The summed E-state index contributed by atoms with van der Waals surface area (Å²) in [5, 5.41) is 7.66. The number of carbonyl (C=O) groups is 1. The van der Waals surface area contributed by atoms with Crippen molar-refractivity contribution in [3.63, 3.8) is 0 Å². The molecule has 0 spiro atoms. The Kier molecular flexibility index (Phi) is 5.57. The minimum atomic E-state index is -0.198. The predicted molar refractivity (Wildman–Crippen MR) is 114 cm³/mol.